The number of nitrogens with zero attached hydrogens (tertiary/aromatic N) is 2. The van der Waals surface area contributed by atoms with E-state index in [4.69, 9.17) is 4.74 Å². The van der Waals surface area contributed by atoms with Gasteiger partial charge in [-0.05, 0) is 50.6 Å². The molecule has 3 rings (SSSR count). The van der Waals surface area contributed by atoms with E-state index in [0.29, 0.717) is 21.0 Å². The molecule has 0 bridgehead atoms. The first-order valence-electron chi connectivity index (χ1n) is 8.57. The van der Waals surface area contributed by atoms with Crippen LogP contribution >= 0.6 is 11.3 Å². The molecule has 0 fully saturated rings. The van der Waals surface area contributed by atoms with Crippen LogP contribution in [0, 0.1) is 12.7 Å². The predicted octanol–water partition coefficient (Wildman–Crippen LogP) is 3.28. The van der Waals surface area contributed by atoms with Gasteiger partial charge in [-0.3, -0.25) is 14.2 Å². The largest absolute Gasteiger partial charge is 0.462 e. The van der Waals surface area contributed by atoms with Crippen molar-refractivity contribution in [1.82, 2.24) is 9.55 Å². The van der Waals surface area contributed by atoms with E-state index < -0.39 is 29.3 Å². The molecule has 0 radical (unpaired) electrons. The van der Waals surface area contributed by atoms with Crippen LogP contribution in [0.25, 0.3) is 10.2 Å². The Morgan fingerprint density at radius 2 is 2.00 bits per heavy atom. The van der Waals surface area contributed by atoms with Gasteiger partial charge in [-0.2, -0.15) is 0 Å². The maximum absolute atomic E-state index is 13.0. The van der Waals surface area contributed by atoms with Crippen molar-refractivity contribution < 1.29 is 18.7 Å². The quantitative estimate of drug-likeness (QED) is 0.660. The average molecular weight is 403 g/mol. The van der Waals surface area contributed by atoms with Gasteiger partial charge in [0.15, 0.2) is 0 Å². The van der Waals surface area contributed by atoms with E-state index in [1.807, 2.05) is 0 Å². The van der Waals surface area contributed by atoms with E-state index >= 15 is 0 Å². The van der Waals surface area contributed by atoms with Gasteiger partial charge in [0.05, 0.1) is 18.3 Å². The summed E-state index contributed by atoms with van der Waals surface area (Å²) in [6.45, 7) is 5.14. The number of nitrogens with one attached hydrogen (secondary N) is 1. The number of aryl methyl sites for hydroxylation is 1. The van der Waals surface area contributed by atoms with Gasteiger partial charge in [-0.15, -0.1) is 11.3 Å². The zero-order valence-corrected chi connectivity index (χ0v) is 16.3. The zero-order valence-electron chi connectivity index (χ0n) is 15.5. The van der Waals surface area contributed by atoms with E-state index in [0.717, 1.165) is 11.3 Å². The minimum atomic E-state index is -0.861. The van der Waals surface area contributed by atoms with Crippen molar-refractivity contribution in [3.8, 4) is 0 Å². The molecule has 9 heteroatoms. The lowest BCUT2D eigenvalue weighted by Gasteiger charge is -2.15. The number of rotatable bonds is 5. The lowest BCUT2D eigenvalue weighted by atomic mass is 10.2. The summed E-state index contributed by atoms with van der Waals surface area (Å²) >= 11 is 1.08. The van der Waals surface area contributed by atoms with Crippen molar-refractivity contribution in [3.63, 3.8) is 0 Å². The first-order chi connectivity index (χ1) is 13.3. The summed E-state index contributed by atoms with van der Waals surface area (Å²) in [6.07, 6.45) is 1.28. The average Bonchev–Trinajstić information content (AvgIpc) is 3.01. The van der Waals surface area contributed by atoms with Crippen molar-refractivity contribution in [2.45, 2.75) is 26.8 Å². The molecule has 0 saturated carbocycles. The molecule has 1 N–H and O–H groups in total. The fraction of sp³-hybridized carbons (Fsp3) is 0.263. The van der Waals surface area contributed by atoms with Crippen LogP contribution in [0.5, 0.6) is 0 Å². The molecule has 0 saturated heterocycles. The maximum Gasteiger partial charge on any atom is 0.348 e. The molecule has 0 aliphatic rings. The minimum absolute atomic E-state index is 0.227. The second kappa shape index (κ2) is 7.89. The van der Waals surface area contributed by atoms with Gasteiger partial charge >= 0.3 is 5.97 Å². The number of carbonyl (C=O) groups is 2. The van der Waals surface area contributed by atoms with Crippen LogP contribution in [0.15, 0.2) is 35.4 Å². The topological polar surface area (TPSA) is 90.3 Å². The van der Waals surface area contributed by atoms with Crippen LogP contribution in [0.4, 0.5) is 10.1 Å². The Labute approximate surface area is 163 Å². The van der Waals surface area contributed by atoms with Crippen LogP contribution in [-0.4, -0.2) is 28.0 Å². The Morgan fingerprint density at radius 1 is 1.32 bits per heavy atom. The normalized spacial score (nSPS) is 12.0. The summed E-state index contributed by atoms with van der Waals surface area (Å²) in [5.74, 6) is -1.37. The number of aromatic nitrogens is 2. The number of benzene rings is 1. The Kier molecular flexibility index (Phi) is 5.55. The molecule has 0 aliphatic heterocycles. The molecule has 0 unspecified atom stereocenters. The van der Waals surface area contributed by atoms with Gasteiger partial charge in [-0.25, -0.2) is 14.2 Å². The first-order valence-corrected chi connectivity index (χ1v) is 9.39. The van der Waals surface area contributed by atoms with E-state index in [-0.39, 0.29) is 12.0 Å². The van der Waals surface area contributed by atoms with Gasteiger partial charge < -0.3 is 10.1 Å². The number of carbonyl (C=O) groups excluding carboxylic acids is 2. The van der Waals surface area contributed by atoms with Crippen molar-refractivity contribution >= 4 is 39.1 Å². The molecule has 146 valence electrons. The lowest BCUT2D eigenvalue weighted by molar-refractivity contribution is -0.118. The third kappa shape index (κ3) is 3.65. The van der Waals surface area contributed by atoms with Crippen molar-refractivity contribution in [2.24, 2.45) is 0 Å². The Morgan fingerprint density at radius 3 is 2.64 bits per heavy atom. The molecule has 2 heterocycles. The summed E-state index contributed by atoms with van der Waals surface area (Å²) in [6, 6.07) is 4.45. The molecule has 3 aromatic rings. The van der Waals surface area contributed by atoms with Crippen molar-refractivity contribution in [3.05, 3.63) is 57.2 Å². The molecule has 7 nitrogen and oxygen atoms in total. The molecule has 1 aromatic carbocycles. The van der Waals surface area contributed by atoms with Crippen LogP contribution < -0.4 is 10.9 Å². The van der Waals surface area contributed by atoms with Crippen molar-refractivity contribution in [1.29, 1.82) is 0 Å². The van der Waals surface area contributed by atoms with Crippen LogP contribution in [0.2, 0.25) is 0 Å². The van der Waals surface area contributed by atoms with Crippen molar-refractivity contribution in [2.75, 3.05) is 11.9 Å². The highest BCUT2D eigenvalue weighted by atomic mass is 32.1. The highest BCUT2D eigenvalue weighted by Gasteiger charge is 2.23. The van der Waals surface area contributed by atoms with Gasteiger partial charge in [0.2, 0.25) is 5.91 Å². The molecular weight excluding hydrogens is 385 g/mol. The first kappa shape index (κ1) is 19.7. The minimum Gasteiger partial charge on any atom is -0.462 e. The fourth-order valence-electron chi connectivity index (χ4n) is 2.71. The van der Waals surface area contributed by atoms with E-state index in [1.165, 1.54) is 35.2 Å². The lowest BCUT2D eigenvalue weighted by Crippen LogP contribution is -2.31. The standard InChI is InChI=1S/C19H18FN3O4S/c1-4-27-19(26)15-10(2)14-17(28-15)21-9-23(18(14)25)11(3)16(24)22-13-7-5-12(20)6-8-13/h5-9,11H,4H2,1-3H3,(H,22,24)/t11-/m0/s1. The second-order valence-corrected chi connectivity index (χ2v) is 7.08. The predicted molar refractivity (Wildman–Crippen MR) is 104 cm³/mol. The number of esters is 1. The number of hydrogen-bond donors (Lipinski definition) is 1. The van der Waals surface area contributed by atoms with Gasteiger partial charge in [0.1, 0.15) is 21.6 Å². The molecule has 28 heavy (non-hydrogen) atoms. The number of hydrogen-bond acceptors (Lipinski definition) is 6. The smallest absolute Gasteiger partial charge is 0.348 e. The summed E-state index contributed by atoms with van der Waals surface area (Å²) in [5.41, 5.74) is 0.476. The van der Waals surface area contributed by atoms with Gasteiger partial charge in [-0.1, -0.05) is 0 Å². The zero-order chi connectivity index (χ0) is 20.4. The molecule has 0 spiro atoms. The van der Waals surface area contributed by atoms with Gasteiger partial charge in [0, 0.05) is 5.69 Å². The maximum atomic E-state index is 13.0. The SMILES string of the molecule is CCOC(=O)c1sc2ncn([C@@H](C)C(=O)Nc3ccc(F)cc3)c(=O)c2c1C. The second-order valence-electron chi connectivity index (χ2n) is 6.09. The molecule has 1 amide bonds. The number of ether oxygens (including phenoxy) is 1. The number of halogens is 1. The summed E-state index contributed by atoms with van der Waals surface area (Å²) in [5, 5.41) is 2.92. The summed E-state index contributed by atoms with van der Waals surface area (Å²) < 4.78 is 19.2. The Hall–Kier alpha value is -3.07. The Bertz CT molecular complexity index is 1100. The molecule has 2 aromatic heterocycles. The number of amides is 1. The summed E-state index contributed by atoms with van der Waals surface area (Å²) in [4.78, 5) is 42.5. The molecule has 1 atom stereocenters. The van der Waals surface area contributed by atoms with E-state index in [2.05, 4.69) is 10.3 Å². The molecular formula is C19H18FN3O4S. The number of fused-ring (bicyclic) bond motifs is 1. The summed E-state index contributed by atoms with van der Waals surface area (Å²) in [7, 11) is 0. The van der Waals surface area contributed by atoms with Crippen LogP contribution in [-0.2, 0) is 9.53 Å². The monoisotopic (exact) mass is 403 g/mol. The van der Waals surface area contributed by atoms with Gasteiger partial charge in [0.25, 0.3) is 5.56 Å². The fourth-order valence-corrected chi connectivity index (χ4v) is 3.74. The number of anilines is 1. The van der Waals surface area contributed by atoms with E-state index in [1.54, 1.807) is 20.8 Å². The number of thiophene rings is 1. The van der Waals surface area contributed by atoms with Crippen LogP contribution in [0.1, 0.15) is 35.1 Å². The molecule has 0 aliphatic carbocycles. The van der Waals surface area contributed by atoms with E-state index in [9.17, 15) is 18.8 Å². The highest BCUT2D eigenvalue weighted by Crippen LogP contribution is 2.28. The third-order valence-electron chi connectivity index (χ3n) is 4.25. The Balaban J connectivity index is 1.94. The van der Waals surface area contributed by atoms with Crippen LogP contribution in [0.3, 0.4) is 0 Å². The highest BCUT2D eigenvalue weighted by molar-refractivity contribution is 7.20. The third-order valence-corrected chi connectivity index (χ3v) is 5.43.